The third-order valence-corrected chi connectivity index (χ3v) is 6.63. The molecule has 1 unspecified atom stereocenters. The summed E-state index contributed by atoms with van der Waals surface area (Å²) in [5.41, 5.74) is 1.89. The van der Waals surface area contributed by atoms with Gasteiger partial charge in [-0.05, 0) is 28.9 Å². The summed E-state index contributed by atoms with van der Waals surface area (Å²) in [6, 6.07) is 3.58. The van der Waals surface area contributed by atoms with Crippen LogP contribution in [0.3, 0.4) is 0 Å². The van der Waals surface area contributed by atoms with Crippen LogP contribution in [-0.2, 0) is 23.9 Å². The summed E-state index contributed by atoms with van der Waals surface area (Å²) in [5, 5.41) is 10.9. The molecular formula is C26H39BrFN3O2. The summed E-state index contributed by atoms with van der Waals surface area (Å²) < 4.78 is 22.4. The van der Waals surface area contributed by atoms with E-state index in [9.17, 15) is 14.3 Å². The van der Waals surface area contributed by atoms with E-state index in [1.807, 2.05) is 55.4 Å². The van der Waals surface area contributed by atoms with Crippen LogP contribution in [0.4, 0.5) is 4.39 Å². The third kappa shape index (κ3) is 6.37. The number of imidazole rings is 1. The lowest BCUT2D eigenvalue weighted by Gasteiger charge is -2.28. The Balaban J connectivity index is 2.42. The highest BCUT2D eigenvalue weighted by Crippen LogP contribution is 2.39. The Bertz CT molecular complexity index is 1000. The van der Waals surface area contributed by atoms with Gasteiger partial charge in [0.05, 0.1) is 29.2 Å². The zero-order valence-corrected chi connectivity index (χ0v) is 22.8. The van der Waals surface area contributed by atoms with Gasteiger partial charge in [0.1, 0.15) is 11.9 Å². The van der Waals surface area contributed by atoms with E-state index >= 15 is 0 Å². The molecule has 184 valence electrons. The van der Waals surface area contributed by atoms with Crippen molar-refractivity contribution in [3.63, 3.8) is 0 Å². The molecule has 1 heterocycles. The average Bonchev–Trinajstić information content (AvgIpc) is 3.08. The second kappa shape index (κ2) is 10.6. The number of rotatable bonds is 8. The number of hydrogen-bond donors (Lipinski definition) is 1. The average molecular weight is 525 g/mol. The van der Waals surface area contributed by atoms with Gasteiger partial charge in [-0.1, -0.05) is 68.2 Å². The maximum absolute atomic E-state index is 14.8. The van der Waals surface area contributed by atoms with Gasteiger partial charge in [0.25, 0.3) is 0 Å². The van der Waals surface area contributed by atoms with E-state index in [2.05, 4.69) is 20.2 Å². The fourth-order valence-corrected chi connectivity index (χ4v) is 4.55. The summed E-state index contributed by atoms with van der Waals surface area (Å²) >= 11 is 3.15. The predicted octanol–water partition coefficient (Wildman–Crippen LogP) is 6.46. The number of phenolic OH excluding ortho intramolecular Hbond substituents is 1. The van der Waals surface area contributed by atoms with E-state index < -0.39 is 6.17 Å². The molecule has 2 rings (SSSR count). The van der Waals surface area contributed by atoms with E-state index in [-0.39, 0.29) is 41.4 Å². The van der Waals surface area contributed by atoms with Gasteiger partial charge in [-0.25, -0.2) is 4.39 Å². The van der Waals surface area contributed by atoms with E-state index in [0.717, 1.165) is 24.0 Å². The smallest absolute Gasteiger partial charge is 0.217 e. The fourth-order valence-electron chi connectivity index (χ4n) is 4.14. The van der Waals surface area contributed by atoms with Crippen molar-refractivity contribution in [1.29, 1.82) is 0 Å². The summed E-state index contributed by atoms with van der Waals surface area (Å²) in [6.45, 7) is 16.4. The van der Waals surface area contributed by atoms with Crippen LogP contribution in [0, 0.1) is 5.92 Å². The topological polar surface area (TPSA) is 59.5 Å². The number of carbonyl (C=O) groups is 1. The van der Waals surface area contributed by atoms with Crippen LogP contribution in [-0.4, -0.2) is 26.2 Å². The highest BCUT2D eigenvalue weighted by molar-refractivity contribution is 9.08. The number of aromatic hydroxyl groups is 1. The van der Waals surface area contributed by atoms with Gasteiger partial charge in [0.2, 0.25) is 5.62 Å². The van der Waals surface area contributed by atoms with Gasteiger partial charge in [-0.2, -0.15) is 4.02 Å². The molecule has 0 saturated carbocycles. The Morgan fingerprint density at radius 2 is 1.52 bits per heavy atom. The van der Waals surface area contributed by atoms with Crippen LogP contribution in [0.15, 0.2) is 28.5 Å². The number of hydrogen-bond acceptors (Lipinski definition) is 3. The van der Waals surface area contributed by atoms with Crippen molar-refractivity contribution in [2.45, 2.75) is 98.3 Å². The Morgan fingerprint density at radius 1 is 1.03 bits per heavy atom. The largest absolute Gasteiger partial charge is 0.507 e. The molecule has 0 aliphatic rings. The van der Waals surface area contributed by atoms with Crippen LogP contribution in [0.1, 0.15) is 89.7 Å². The number of alkyl halides is 1. The lowest BCUT2D eigenvalue weighted by molar-refractivity contribution is 0.0970. The standard InChI is InChI=1S/C26H39BrFN3O2/c1-9-17(10-2)21(28)15-30-11-12-31(24(30)29-27)16-22(32)18-13-19(25(3,4)5)23(33)20(14-18)26(6,7)8/h11-14,17,21,33H,9-10,15-16H2,1-8H3. The van der Waals surface area contributed by atoms with Crippen molar-refractivity contribution < 1.29 is 14.3 Å². The summed E-state index contributed by atoms with van der Waals surface area (Å²) in [4.78, 5) is 13.3. The summed E-state index contributed by atoms with van der Waals surface area (Å²) in [5.74, 6) is 0.147. The molecule has 33 heavy (non-hydrogen) atoms. The molecule has 0 saturated heterocycles. The first-order valence-electron chi connectivity index (χ1n) is 11.7. The molecule has 1 aromatic carbocycles. The van der Waals surface area contributed by atoms with Crippen molar-refractivity contribution in [2.75, 3.05) is 0 Å². The number of nitrogens with zero attached hydrogens (tertiary/aromatic N) is 3. The lowest BCUT2D eigenvalue weighted by atomic mass is 9.78. The first-order valence-corrected chi connectivity index (χ1v) is 12.4. The molecule has 2 aromatic rings. The first kappa shape index (κ1) is 27.4. The molecule has 1 atom stereocenters. The van der Waals surface area contributed by atoms with Crippen molar-refractivity contribution in [3.05, 3.63) is 46.8 Å². The van der Waals surface area contributed by atoms with Crippen molar-refractivity contribution >= 4 is 21.9 Å². The van der Waals surface area contributed by atoms with Crippen molar-refractivity contribution in [3.8, 4) is 5.75 Å². The number of aromatic nitrogens is 2. The molecule has 5 nitrogen and oxygen atoms in total. The molecule has 0 bridgehead atoms. The molecule has 0 radical (unpaired) electrons. The highest BCUT2D eigenvalue weighted by atomic mass is 79.9. The minimum absolute atomic E-state index is 0.00529. The molecular weight excluding hydrogens is 485 g/mol. The number of Topliss-reactive ketones (excluding diaryl/α,β-unsaturated/α-hetero) is 1. The third-order valence-electron chi connectivity index (χ3n) is 6.31. The van der Waals surface area contributed by atoms with Gasteiger partial charge < -0.3 is 14.2 Å². The van der Waals surface area contributed by atoms with Gasteiger partial charge in [-0.15, -0.1) is 0 Å². The normalized spacial score (nSPS) is 14.2. The van der Waals surface area contributed by atoms with Gasteiger partial charge in [0, 0.05) is 29.1 Å². The number of halogens is 2. The van der Waals surface area contributed by atoms with Crippen molar-refractivity contribution in [2.24, 2.45) is 9.94 Å². The minimum atomic E-state index is -0.981. The molecule has 7 heteroatoms. The number of benzene rings is 1. The van der Waals surface area contributed by atoms with E-state index in [4.69, 9.17) is 0 Å². The van der Waals surface area contributed by atoms with E-state index in [1.54, 1.807) is 33.7 Å². The zero-order chi connectivity index (χ0) is 25.1. The Hall–Kier alpha value is -1.89. The molecule has 1 N–H and O–H groups in total. The lowest BCUT2D eigenvalue weighted by Crippen LogP contribution is -2.32. The first-order chi connectivity index (χ1) is 15.2. The number of ketones is 1. The SMILES string of the molecule is CCC(CC)C(F)Cn1ccn(CC(=O)c2cc(C(C)(C)C)c(O)c(C(C)(C)C)c2)c1=NBr. The van der Waals surface area contributed by atoms with Crippen LogP contribution in [0.2, 0.25) is 0 Å². The van der Waals surface area contributed by atoms with Gasteiger partial charge in [-0.3, -0.25) is 4.79 Å². The van der Waals surface area contributed by atoms with Crippen LogP contribution in [0.5, 0.6) is 5.75 Å². The molecule has 0 aliphatic heterocycles. The quantitative estimate of drug-likeness (QED) is 0.403. The van der Waals surface area contributed by atoms with E-state index in [1.165, 1.54) is 0 Å². The maximum Gasteiger partial charge on any atom is 0.217 e. The number of carbonyl (C=O) groups excluding carboxylic acids is 1. The molecule has 0 aliphatic carbocycles. The second-order valence-corrected chi connectivity index (χ2v) is 11.3. The number of phenols is 1. The molecule has 0 fully saturated rings. The Labute approximate surface area is 206 Å². The predicted molar refractivity (Wildman–Crippen MR) is 136 cm³/mol. The Kier molecular flexibility index (Phi) is 8.77. The molecule has 1 aromatic heterocycles. The fraction of sp³-hybridized carbons (Fsp3) is 0.615. The zero-order valence-electron chi connectivity index (χ0n) is 21.2. The van der Waals surface area contributed by atoms with E-state index in [0.29, 0.717) is 11.2 Å². The highest BCUT2D eigenvalue weighted by Gasteiger charge is 2.28. The second-order valence-electron chi connectivity index (χ2n) is 10.9. The molecule has 0 amide bonds. The monoisotopic (exact) mass is 523 g/mol. The maximum atomic E-state index is 14.8. The summed E-state index contributed by atoms with van der Waals surface area (Å²) in [7, 11) is 0. The summed E-state index contributed by atoms with van der Waals surface area (Å²) in [6.07, 6.45) is 4.11. The molecule has 0 spiro atoms. The van der Waals surface area contributed by atoms with Crippen LogP contribution < -0.4 is 5.62 Å². The van der Waals surface area contributed by atoms with Crippen molar-refractivity contribution in [1.82, 2.24) is 9.13 Å². The van der Waals surface area contributed by atoms with Gasteiger partial charge >= 0.3 is 0 Å². The minimum Gasteiger partial charge on any atom is -0.507 e. The van der Waals surface area contributed by atoms with Gasteiger partial charge in [0.15, 0.2) is 5.78 Å². The van der Waals surface area contributed by atoms with Crippen LogP contribution in [0.25, 0.3) is 0 Å². The Morgan fingerprint density at radius 3 is 1.94 bits per heavy atom. The van der Waals surface area contributed by atoms with Crippen LogP contribution >= 0.6 is 16.1 Å².